The maximum absolute atomic E-state index is 14.6. The second-order valence-corrected chi connectivity index (χ2v) is 7.39. The Morgan fingerprint density at radius 1 is 1.23 bits per heavy atom. The highest BCUT2D eigenvalue weighted by Crippen LogP contribution is 2.36. The van der Waals surface area contributed by atoms with Crippen LogP contribution in [0.1, 0.15) is 23.2 Å². The van der Waals surface area contributed by atoms with E-state index in [0.717, 1.165) is 18.9 Å². The lowest BCUT2D eigenvalue weighted by molar-refractivity contribution is 0.0997. The Balaban J connectivity index is 1.64. The van der Waals surface area contributed by atoms with Gasteiger partial charge in [-0.2, -0.15) is 0 Å². The third-order valence-corrected chi connectivity index (χ3v) is 4.98. The second kappa shape index (κ2) is 8.27. The van der Waals surface area contributed by atoms with Crippen LogP contribution in [0, 0.1) is 5.82 Å². The molecule has 1 saturated carbocycles. The topological polar surface area (TPSA) is 116 Å². The van der Waals surface area contributed by atoms with Crippen molar-refractivity contribution in [2.45, 2.75) is 18.9 Å². The van der Waals surface area contributed by atoms with Gasteiger partial charge < -0.3 is 25.8 Å². The normalized spacial score (nSPS) is 13.0. The van der Waals surface area contributed by atoms with Crippen molar-refractivity contribution in [2.75, 3.05) is 12.4 Å². The Hall–Kier alpha value is -3.59. The van der Waals surface area contributed by atoms with Gasteiger partial charge in [0.1, 0.15) is 17.2 Å². The molecule has 0 aliphatic heterocycles. The summed E-state index contributed by atoms with van der Waals surface area (Å²) in [5.74, 6) is -0.759. The average molecular weight is 445 g/mol. The number of anilines is 1. The van der Waals surface area contributed by atoms with E-state index < -0.39 is 17.8 Å². The lowest BCUT2D eigenvalue weighted by atomic mass is 10.1. The number of halogens is 2. The number of benzene rings is 2. The molecule has 4 rings (SSSR count). The molecule has 1 aliphatic carbocycles. The number of amides is 3. The van der Waals surface area contributed by atoms with Crippen LogP contribution in [0.2, 0.25) is 5.02 Å². The van der Waals surface area contributed by atoms with E-state index in [0.29, 0.717) is 16.7 Å². The number of hydrogen-bond donors (Lipinski definition) is 3. The first-order chi connectivity index (χ1) is 14.9. The third kappa shape index (κ3) is 4.46. The van der Waals surface area contributed by atoms with E-state index in [1.54, 1.807) is 12.1 Å². The van der Waals surface area contributed by atoms with Crippen LogP contribution in [-0.2, 0) is 0 Å². The molecular formula is C21H18ClFN4O4. The molecule has 0 bridgehead atoms. The number of carbonyl (C=O) groups excluding carboxylic acids is 2. The molecule has 31 heavy (non-hydrogen) atoms. The summed E-state index contributed by atoms with van der Waals surface area (Å²) in [5, 5.41) is 5.55. The lowest BCUT2D eigenvalue weighted by Gasteiger charge is -2.14. The Morgan fingerprint density at radius 3 is 2.65 bits per heavy atom. The standard InChI is InChI=1S/C21H18ClFN4O4/c1-30-18-9-16-12(8-13(18)20(24)28)17(4-5-25-16)31-11-6-14(22)19(15(23)7-11)27-21(29)26-10-2-3-10/h4-10H,2-3H2,1H3,(H2,24,28)(H2,26,27,29). The summed E-state index contributed by atoms with van der Waals surface area (Å²) in [6.07, 6.45) is 3.30. The Labute approximate surface area is 181 Å². The number of nitrogens with zero attached hydrogens (tertiary/aromatic N) is 1. The Kier molecular flexibility index (Phi) is 5.51. The first-order valence-corrected chi connectivity index (χ1v) is 9.74. The minimum atomic E-state index is -0.758. The molecule has 0 saturated heterocycles. The predicted molar refractivity (Wildman–Crippen MR) is 113 cm³/mol. The van der Waals surface area contributed by atoms with Gasteiger partial charge in [0.05, 0.1) is 28.9 Å². The molecule has 2 aromatic carbocycles. The van der Waals surface area contributed by atoms with Crippen LogP contribution in [0.25, 0.3) is 10.9 Å². The molecule has 8 nitrogen and oxygen atoms in total. The van der Waals surface area contributed by atoms with Crippen LogP contribution in [0.5, 0.6) is 17.2 Å². The molecule has 0 radical (unpaired) electrons. The zero-order valence-electron chi connectivity index (χ0n) is 16.4. The first-order valence-electron chi connectivity index (χ1n) is 9.36. The Bertz CT molecular complexity index is 1180. The number of aromatic nitrogens is 1. The van der Waals surface area contributed by atoms with Crippen LogP contribution in [0.15, 0.2) is 36.5 Å². The van der Waals surface area contributed by atoms with Crippen molar-refractivity contribution in [3.63, 3.8) is 0 Å². The van der Waals surface area contributed by atoms with E-state index in [9.17, 15) is 14.0 Å². The number of primary amides is 1. The van der Waals surface area contributed by atoms with Gasteiger partial charge in [0.15, 0.2) is 5.82 Å². The quantitative estimate of drug-likeness (QED) is 0.526. The fourth-order valence-corrected chi connectivity index (χ4v) is 3.26. The van der Waals surface area contributed by atoms with Crippen molar-refractivity contribution in [3.8, 4) is 17.2 Å². The summed E-state index contributed by atoms with van der Waals surface area (Å²) >= 11 is 6.17. The van der Waals surface area contributed by atoms with Crippen LogP contribution >= 0.6 is 11.6 Å². The van der Waals surface area contributed by atoms with Crippen molar-refractivity contribution in [2.24, 2.45) is 5.73 Å². The number of pyridine rings is 1. The summed E-state index contributed by atoms with van der Waals surface area (Å²) in [6.45, 7) is 0. The summed E-state index contributed by atoms with van der Waals surface area (Å²) in [7, 11) is 1.42. The summed E-state index contributed by atoms with van der Waals surface area (Å²) in [6, 6.07) is 6.68. The first kappa shape index (κ1) is 20.7. The van der Waals surface area contributed by atoms with E-state index in [1.165, 1.54) is 25.4 Å². The summed E-state index contributed by atoms with van der Waals surface area (Å²) in [4.78, 5) is 27.9. The van der Waals surface area contributed by atoms with E-state index in [1.807, 2.05) is 0 Å². The molecule has 0 unspecified atom stereocenters. The van der Waals surface area contributed by atoms with Crippen LogP contribution < -0.4 is 25.8 Å². The molecule has 1 aromatic heterocycles. The molecule has 0 atom stereocenters. The van der Waals surface area contributed by atoms with Crippen LogP contribution in [0.3, 0.4) is 0 Å². The maximum atomic E-state index is 14.6. The van der Waals surface area contributed by atoms with Gasteiger partial charge in [-0.15, -0.1) is 0 Å². The maximum Gasteiger partial charge on any atom is 0.319 e. The van der Waals surface area contributed by atoms with Crippen molar-refractivity contribution >= 4 is 40.1 Å². The fraction of sp³-hybridized carbons (Fsp3) is 0.190. The number of ether oxygens (including phenoxy) is 2. The number of hydrogen-bond acceptors (Lipinski definition) is 5. The molecule has 3 aromatic rings. The third-order valence-electron chi connectivity index (χ3n) is 4.68. The van der Waals surface area contributed by atoms with Gasteiger partial charge in [0.25, 0.3) is 5.91 Å². The molecule has 10 heteroatoms. The van der Waals surface area contributed by atoms with Gasteiger partial charge in [0.2, 0.25) is 0 Å². The van der Waals surface area contributed by atoms with E-state index >= 15 is 0 Å². The zero-order chi connectivity index (χ0) is 22.1. The molecule has 0 spiro atoms. The fourth-order valence-electron chi connectivity index (χ4n) is 3.02. The number of nitrogens with one attached hydrogen (secondary N) is 2. The van der Waals surface area contributed by atoms with Crippen LogP contribution in [0.4, 0.5) is 14.9 Å². The van der Waals surface area contributed by atoms with E-state index in [2.05, 4.69) is 15.6 Å². The monoisotopic (exact) mass is 444 g/mol. The molecule has 1 aliphatic rings. The van der Waals surface area contributed by atoms with Crippen LogP contribution in [-0.4, -0.2) is 30.1 Å². The molecule has 1 heterocycles. The number of nitrogens with two attached hydrogens (primary N) is 1. The van der Waals surface area contributed by atoms with Gasteiger partial charge in [-0.1, -0.05) is 11.6 Å². The van der Waals surface area contributed by atoms with Crippen molar-refractivity contribution < 1.29 is 23.5 Å². The van der Waals surface area contributed by atoms with E-state index in [-0.39, 0.29) is 33.8 Å². The molecular weight excluding hydrogens is 427 g/mol. The number of urea groups is 1. The van der Waals surface area contributed by atoms with E-state index in [4.69, 9.17) is 26.8 Å². The zero-order valence-corrected chi connectivity index (χ0v) is 17.1. The largest absolute Gasteiger partial charge is 0.496 e. The highest BCUT2D eigenvalue weighted by atomic mass is 35.5. The van der Waals surface area contributed by atoms with Crippen molar-refractivity contribution in [1.82, 2.24) is 10.3 Å². The number of fused-ring (bicyclic) bond motifs is 1. The predicted octanol–water partition coefficient (Wildman–Crippen LogP) is 4.21. The van der Waals surface area contributed by atoms with Crippen molar-refractivity contribution in [1.29, 1.82) is 0 Å². The SMILES string of the molecule is COc1cc2nccc(Oc3cc(F)c(NC(=O)NC4CC4)c(Cl)c3)c2cc1C(N)=O. The van der Waals surface area contributed by atoms with Crippen molar-refractivity contribution in [3.05, 3.63) is 52.9 Å². The summed E-state index contributed by atoms with van der Waals surface area (Å²) in [5.41, 5.74) is 5.92. The smallest absolute Gasteiger partial charge is 0.319 e. The number of carbonyl (C=O) groups is 2. The van der Waals surface area contributed by atoms with Gasteiger partial charge in [0, 0.05) is 35.8 Å². The second-order valence-electron chi connectivity index (χ2n) is 6.98. The molecule has 3 amide bonds. The molecule has 1 fully saturated rings. The van der Waals surface area contributed by atoms with Gasteiger partial charge >= 0.3 is 6.03 Å². The minimum Gasteiger partial charge on any atom is -0.496 e. The number of methoxy groups -OCH3 is 1. The highest BCUT2D eigenvalue weighted by Gasteiger charge is 2.24. The van der Waals surface area contributed by atoms with Gasteiger partial charge in [-0.3, -0.25) is 9.78 Å². The molecule has 160 valence electrons. The van der Waals surface area contributed by atoms with Gasteiger partial charge in [-0.05, 0) is 25.0 Å². The number of rotatable bonds is 6. The Morgan fingerprint density at radius 2 is 2.00 bits per heavy atom. The average Bonchev–Trinajstić information content (AvgIpc) is 3.53. The summed E-state index contributed by atoms with van der Waals surface area (Å²) < 4.78 is 25.6. The minimum absolute atomic E-state index is 0.0289. The lowest BCUT2D eigenvalue weighted by Crippen LogP contribution is -2.30. The molecule has 4 N–H and O–H groups in total. The van der Waals surface area contributed by atoms with Gasteiger partial charge in [-0.25, -0.2) is 9.18 Å². The highest BCUT2D eigenvalue weighted by molar-refractivity contribution is 6.33.